The number of ether oxygens (including phenoxy) is 4. The first-order valence-electron chi connectivity index (χ1n) is 8.06. The van der Waals surface area contributed by atoms with Crippen LogP contribution in [0, 0.1) is 0 Å². The fraction of sp³-hybridized carbons (Fsp3) is 0.316. The molecule has 2 atom stereocenters. The molecule has 0 N–H and O–H groups in total. The van der Waals surface area contributed by atoms with Crippen molar-refractivity contribution in [1.82, 2.24) is 0 Å². The zero-order valence-electron chi connectivity index (χ0n) is 14.1. The van der Waals surface area contributed by atoms with Crippen molar-refractivity contribution >= 4 is 29.4 Å². The first-order chi connectivity index (χ1) is 12.7. The van der Waals surface area contributed by atoms with E-state index in [9.17, 15) is 4.79 Å². The normalized spacial score (nSPS) is 12.7. The van der Waals surface area contributed by atoms with Gasteiger partial charge in [0.25, 0.3) is 0 Å². The first kappa shape index (κ1) is 20.2. The van der Waals surface area contributed by atoms with E-state index in [4.69, 9.17) is 42.1 Å². The third-order valence-electron chi connectivity index (χ3n) is 3.23. The van der Waals surface area contributed by atoms with Crippen LogP contribution in [0.1, 0.15) is 0 Å². The highest BCUT2D eigenvalue weighted by atomic mass is 35.5. The van der Waals surface area contributed by atoms with Gasteiger partial charge in [0.05, 0.1) is 11.8 Å². The molecule has 26 heavy (non-hydrogen) atoms. The minimum Gasteiger partial charge on any atom is -0.490 e. The molecule has 140 valence electrons. The van der Waals surface area contributed by atoms with E-state index in [0.29, 0.717) is 11.5 Å². The Morgan fingerprint density at radius 2 is 1.12 bits per heavy atom. The van der Waals surface area contributed by atoms with E-state index < -0.39 is 18.4 Å². The van der Waals surface area contributed by atoms with Crippen molar-refractivity contribution in [3.8, 4) is 11.5 Å². The van der Waals surface area contributed by atoms with Gasteiger partial charge in [-0.05, 0) is 24.3 Å². The quantitative estimate of drug-likeness (QED) is 0.435. The minimum atomic E-state index is -0.866. The maximum Gasteiger partial charge on any atom is 0.509 e. The molecule has 0 saturated heterocycles. The third-order valence-corrected chi connectivity index (χ3v) is 3.92. The van der Waals surface area contributed by atoms with E-state index >= 15 is 0 Å². The van der Waals surface area contributed by atoms with E-state index in [0.717, 1.165) is 0 Å². The van der Waals surface area contributed by atoms with Crippen LogP contribution in [0.5, 0.6) is 11.5 Å². The number of hydrogen-bond acceptors (Lipinski definition) is 5. The summed E-state index contributed by atoms with van der Waals surface area (Å²) >= 11 is 11.7. The number of benzene rings is 2. The maximum absolute atomic E-state index is 11.9. The summed E-state index contributed by atoms with van der Waals surface area (Å²) in [6, 6.07) is 18.3. The van der Waals surface area contributed by atoms with E-state index in [1.165, 1.54) is 0 Å². The molecule has 0 fully saturated rings. The first-order valence-corrected chi connectivity index (χ1v) is 9.13. The zero-order valence-corrected chi connectivity index (χ0v) is 15.6. The summed E-state index contributed by atoms with van der Waals surface area (Å²) in [7, 11) is 0. The van der Waals surface area contributed by atoms with Gasteiger partial charge in [0.2, 0.25) is 0 Å². The van der Waals surface area contributed by atoms with Gasteiger partial charge in [-0.2, -0.15) is 0 Å². The Hall–Kier alpha value is -2.11. The smallest absolute Gasteiger partial charge is 0.490 e. The van der Waals surface area contributed by atoms with Crippen LogP contribution in [0.2, 0.25) is 0 Å². The third kappa shape index (κ3) is 7.42. The molecule has 0 aliphatic carbocycles. The zero-order chi connectivity index (χ0) is 18.6. The van der Waals surface area contributed by atoms with E-state index in [1.54, 1.807) is 24.3 Å². The molecule has 5 nitrogen and oxygen atoms in total. The largest absolute Gasteiger partial charge is 0.509 e. The summed E-state index contributed by atoms with van der Waals surface area (Å²) in [4.78, 5) is 11.9. The summed E-state index contributed by atoms with van der Waals surface area (Å²) in [5.41, 5.74) is 0. The van der Waals surface area contributed by atoms with Gasteiger partial charge in [0.1, 0.15) is 24.7 Å². The van der Waals surface area contributed by atoms with E-state index in [-0.39, 0.29) is 25.0 Å². The van der Waals surface area contributed by atoms with Crippen molar-refractivity contribution in [3.63, 3.8) is 0 Å². The van der Waals surface area contributed by atoms with Crippen molar-refractivity contribution in [3.05, 3.63) is 60.7 Å². The number of carbonyl (C=O) groups excluding carboxylic acids is 1. The van der Waals surface area contributed by atoms with Gasteiger partial charge in [0, 0.05) is 0 Å². The van der Waals surface area contributed by atoms with Gasteiger partial charge >= 0.3 is 6.16 Å². The Morgan fingerprint density at radius 1 is 0.731 bits per heavy atom. The maximum atomic E-state index is 11.9. The second kappa shape index (κ2) is 11.5. The van der Waals surface area contributed by atoms with E-state index in [1.807, 2.05) is 36.4 Å². The molecule has 0 aromatic heterocycles. The summed E-state index contributed by atoms with van der Waals surface area (Å²) in [6.45, 7) is 0.239. The fourth-order valence-electron chi connectivity index (χ4n) is 1.93. The second-order valence-corrected chi connectivity index (χ2v) is 5.90. The lowest BCUT2D eigenvalue weighted by molar-refractivity contribution is -0.0121. The summed E-state index contributed by atoms with van der Waals surface area (Å²) in [6.07, 6.45) is -2.15. The van der Waals surface area contributed by atoms with Gasteiger partial charge in [-0.1, -0.05) is 36.4 Å². The van der Waals surface area contributed by atoms with E-state index in [2.05, 4.69) is 0 Å². The monoisotopic (exact) mass is 398 g/mol. The highest BCUT2D eigenvalue weighted by Gasteiger charge is 2.20. The lowest BCUT2D eigenvalue weighted by atomic mass is 10.3. The summed E-state index contributed by atoms with van der Waals surface area (Å²) in [5, 5.41) is 0. The van der Waals surface area contributed by atoms with Crippen LogP contribution in [0.3, 0.4) is 0 Å². The molecule has 0 aliphatic heterocycles. The Kier molecular flexibility index (Phi) is 8.93. The van der Waals surface area contributed by atoms with Crippen molar-refractivity contribution in [2.24, 2.45) is 0 Å². The van der Waals surface area contributed by atoms with Crippen molar-refractivity contribution in [1.29, 1.82) is 0 Å². The van der Waals surface area contributed by atoms with Gasteiger partial charge in [-0.15, -0.1) is 23.2 Å². The number of carbonyl (C=O) groups is 1. The molecule has 0 saturated carbocycles. The van der Waals surface area contributed by atoms with Gasteiger partial charge < -0.3 is 18.9 Å². The fourth-order valence-corrected chi connectivity index (χ4v) is 2.24. The van der Waals surface area contributed by atoms with Gasteiger partial charge in [-0.25, -0.2) is 4.79 Å². The highest BCUT2D eigenvalue weighted by molar-refractivity contribution is 6.18. The average Bonchev–Trinajstić information content (AvgIpc) is 2.69. The molecule has 0 aliphatic rings. The molecule has 0 radical (unpaired) electrons. The molecule has 7 heteroatoms. The number of para-hydroxylation sites is 2. The number of hydrogen-bond donors (Lipinski definition) is 0. The average molecular weight is 399 g/mol. The Morgan fingerprint density at radius 3 is 1.46 bits per heavy atom. The Labute approximate surface area is 162 Å². The standard InChI is InChI=1S/C19H20Cl2O5/c20-11-17(13-23-15-7-3-1-4-8-15)25-19(22)26-18(12-21)14-24-16-9-5-2-6-10-16/h1-10,17-18H,11-14H2. The highest BCUT2D eigenvalue weighted by Crippen LogP contribution is 2.12. The summed E-state index contributed by atoms with van der Waals surface area (Å²) in [5.74, 6) is 1.48. The molecule has 0 spiro atoms. The predicted octanol–water partition coefficient (Wildman–Crippen LogP) is 4.51. The molecule has 0 heterocycles. The number of halogens is 2. The Bertz CT molecular complexity index is 583. The second-order valence-electron chi connectivity index (χ2n) is 5.29. The number of alkyl halides is 2. The van der Waals surface area contributed by atoms with Crippen LogP contribution in [0.15, 0.2) is 60.7 Å². The van der Waals surface area contributed by atoms with Crippen LogP contribution < -0.4 is 9.47 Å². The number of rotatable bonds is 10. The minimum absolute atomic E-state index is 0.0774. The van der Waals surface area contributed by atoms with Crippen LogP contribution in [-0.4, -0.2) is 43.3 Å². The molecule has 0 amide bonds. The molecule has 2 aromatic carbocycles. The SMILES string of the molecule is O=C(OC(CCl)COc1ccccc1)OC(CCl)COc1ccccc1. The predicted molar refractivity (Wildman–Crippen MR) is 100 cm³/mol. The molecular weight excluding hydrogens is 379 g/mol. The van der Waals surface area contributed by atoms with Crippen molar-refractivity contribution in [2.75, 3.05) is 25.0 Å². The lowest BCUT2D eigenvalue weighted by Crippen LogP contribution is -2.32. The van der Waals surface area contributed by atoms with Crippen LogP contribution >= 0.6 is 23.2 Å². The lowest BCUT2D eigenvalue weighted by Gasteiger charge is -2.19. The molecular formula is C19H20Cl2O5. The van der Waals surface area contributed by atoms with Crippen LogP contribution in [0.4, 0.5) is 4.79 Å². The molecule has 2 unspecified atom stereocenters. The molecule has 2 rings (SSSR count). The molecule has 2 aromatic rings. The van der Waals surface area contributed by atoms with Gasteiger partial charge in [0.15, 0.2) is 12.2 Å². The van der Waals surface area contributed by atoms with Crippen LogP contribution in [-0.2, 0) is 9.47 Å². The van der Waals surface area contributed by atoms with Gasteiger partial charge in [-0.3, -0.25) is 0 Å². The molecule has 0 bridgehead atoms. The van der Waals surface area contributed by atoms with Crippen LogP contribution in [0.25, 0.3) is 0 Å². The Balaban J connectivity index is 1.75. The topological polar surface area (TPSA) is 54.0 Å². The van der Waals surface area contributed by atoms with Crippen molar-refractivity contribution in [2.45, 2.75) is 12.2 Å². The van der Waals surface area contributed by atoms with Crippen molar-refractivity contribution < 1.29 is 23.7 Å². The summed E-state index contributed by atoms with van der Waals surface area (Å²) < 4.78 is 21.4.